The van der Waals surface area contributed by atoms with Gasteiger partial charge in [0.2, 0.25) is 5.91 Å². The third-order valence-corrected chi connectivity index (χ3v) is 4.28. The Morgan fingerprint density at radius 3 is 2.16 bits per heavy atom. The molecule has 4 nitrogen and oxygen atoms in total. The Balaban J connectivity index is 1.72. The molecule has 1 aromatic carbocycles. The smallest absolute Gasteiger partial charge is 0.326 e. The van der Waals surface area contributed by atoms with E-state index < -0.39 is 12.1 Å². The first kappa shape index (κ1) is 19.0. The summed E-state index contributed by atoms with van der Waals surface area (Å²) in [5.74, 6) is -2.19. The number of halogens is 3. The van der Waals surface area contributed by atoms with Crippen LogP contribution in [0, 0.1) is 0 Å². The Kier molecular flexibility index (Phi) is 6.58. The van der Waals surface area contributed by atoms with Crippen molar-refractivity contribution < 1.29 is 22.8 Å². The Morgan fingerprint density at radius 1 is 0.960 bits per heavy atom. The van der Waals surface area contributed by atoms with Crippen molar-refractivity contribution in [1.82, 2.24) is 0 Å². The molecular weight excluding hydrogens is 353 g/mol. The largest absolute Gasteiger partial charge is 0.471 e. The summed E-state index contributed by atoms with van der Waals surface area (Å²) in [6, 6.07) is 9.54. The summed E-state index contributed by atoms with van der Waals surface area (Å²) in [6.45, 7) is 0. The van der Waals surface area contributed by atoms with Gasteiger partial charge in [0, 0.05) is 22.7 Å². The van der Waals surface area contributed by atoms with Gasteiger partial charge in [-0.15, -0.1) is 11.3 Å². The third kappa shape index (κ3) is 6.58. The first-order valence-corrected chi connectivity index (χ1v) is 8.53. The zero-order valence-electron chi connectivity index (χ0n) is 13.2. The van der Waals surface area contributed by atoms with Crippen LogP contribution in [0.1, 0.15) is 24.1 Å². The molecule has 25 heavy (non-hydrogen) atoms. The second kappa shape index (κ2) is 8.66. The number of unbranched alkanes of at least 4 members (excludes halogenated alkanes) is 1. The Morgan fingerprint density at radius 2 is 1.60 bits per heavy atom. The minimum absolute atomic E-state index is 0.0104. The fraction of sp³-hybridized carbons (Fsp3) is 0.294. The second-order valence-electron chi connectivity index (χ2n) is 5.36. The number of carbonyl (C=O) groups is 2. The molecule has 0 fully saturated rings. The van der Waals surface area contributed by atoms with Gasteiger partial charge in [-0.2, -0.15) is 13.2 Å². The molecule has 0 bridgehead atoms. The van der Waals surface area contributed by atoms with Crippen LogP contribution in [0.3, 0.4) is 0 Å². The highest BCUT2D eigenvalue weighted by atomic mass is 32.1. The number of aryl methyl sites for hydroxylation is 1. The standard InChI is InChI=1S/C17H17F3N2O2S/c18-17(19,20)16(24)22-13-9-7-12(8-10-13)21-15(23)6-2-1-4-14-5-3-11-25-14/h3,5,7-11H,1-2,4,6H2,(H,21,23)(H,22,24). The molecule has 0 atom stereocenters. The number of hydrogen-bond donors (Lipinski definition) is 2. The van der Waals surface area contributed by atoms with Crippen molar-refractivity contribution in [3.05, 3.63) is 46.7 Å². The molecule has 2 rings (SSSR count). The van der Waals surface area contributed by atoms with E-state index >= 15 is 0 Å². The van der Waals surface area contributed by atoms with Crippen LogP contribution in [0.4, 0.5) is 24.5 Å². The normalized spacial score (nSPS) is 11.2. The highest BCUT2D eigenvalue weighted by molar-refractivity contribution is 7.09. The van der Waals surface area contributed by atoms with Crippen molar-refractivity contribution in [3.63, 3.8) is 0 Å². The van der Waals surface area contributed by atoms with Gasteiger partial charge in [-0.3, -0.25) is 9.59 Å². The monoisotopic (exact) mass is 370 g/mol. The van der Waals surface area contributed by atoms with E-state index in [4.69, 9.17) is 0 Å². The van der Waals surface area contributed by atoms with E-state index in [0.29, 0.717) is 12.1 Å². The van der Waals surface area contributed by atoms with Crippen LogP contribution < -0.4 is 10.6 Å². The van der Waals surface area contributed by atoms with Gasteiger partial charge in [0.1, 0.15) is 0 Å². The van der Waals surface area contributed by atoms with Gasteiger partial charge in [-0.05, 0) is 55.0 Å². The quantitative estimate of drug-likeness (QED) is 0.700. The van der Waals surface area contributed by atoms with Crippen LogP contribution >= 0.6 is 11.3 Å². The molecule has 2 amide bonds. The van der Waals surface area contributed by atoms with Gasteiger partial charge in [-0.1, -0.05) is 6.07 Å². The summed E-state index contributed by atoms with van der Waals surface area (Å²) < 4.78 is 36.5. The molecule has 0 radical (unpaired) electrons. The fourth-order valence-corrected chi connectivity index (χ4v) is 2.85. The van der Waals surface area contributed by atoms with Crippen molar-refractivity contribution in [3.8, 4) is 0 Å². The number of carbonyl (C=O) groups excluding carboxylic acids is 2. The predicted molar refractivity (Wildman–Crippen MR) is 91.6 cm³/mol. The first-order valence-electron chi connectivity index (χ1n) is 7.65. The Labute approximate surface area is 147 Å². The SMILES string of the molecule is O=C(CCCCc1cccs1)Nc1ccc(NC(=O)C(F)(F)F)cc1. The van der Waals surface area contributed by atoms with E-state index in [0.717, 1.165) is 19.3 Å². The van der Waals surface area contributed by atoms with Crippen molar-refractivity contribution in [2.45, 2.75) is 31.9 Å². The molecular formula is C17H17F3N2O2S. The highest BCUT2D eigenvalue weighted by Gasteiger charge is 2.38. The number of alkyl halides is 3. The van der Waals surface area contributed by atoms with Gasteiger partial charge in [0.25, 0.3) is 0 Å². The number of rotatable bonds is 7. The van der Waals surface area contributed by atoms with Crippen molar-refractivity contribution in [1.29, 1.82) is 0 Å². The molecule has 0 unspecified atom stereocenters. The molecule has 0 spiro atoms. The molecule has 2 aromatic rings. The molecule has 0 aliphatic carbocycles. The molecule has 0 aliphatic rings. The summed E-state index contributed by atoms with van der Waals surface area (Å²) in [6.07, 6.45) is -1.95. The molecule has 0 saturated heterocycles. The highest BCUT2D eigenvalue weighted by Crippen LogP contribution is 2.20. The number of anilines is 2. The Bertz CT molecular complexity index is 698. The lowest BCUT2D eigenvalue weighted by Gasteiger charge is -2.09. The van der Waals surface area contributed by atoms with Crippen molar-refractivity contribution >= 4 is 34.5 Å². The van der Waals surface area contributed by atoms with Gasteiger partial charge < -0.3 is 10.6 Å². The summed E-state index contributed by atoms with van der Waals surface area (Å²) in [7, 11) is 0. The number of thiophene rings is 1. The van der Waals surface area contributed by atoms with Gasteiger partial charge in [0.15, 0.2) is 0 Å². The number of hydrogen-bond acceptors (Lipinski definition) is 3. The van der Waals surface area contributed by atoms with Gasteiger partial charge in [0.05, 0.1) is 0 Å². The minimum atomic E-state index is -4.93. The lowest BCUT2D eigenvalue weighted by atomic mass is 10.1. The fourth-order valence-electron chi connectivity index (χ4n) is 2.10. The number of amides is 2. The lowest BCUT2D eigenvalue weighted by molar-refractivity contribution is -0.167. The second-order valence-corrected chi connectivity index (χ2v) is 6.40. The first-order chi connectivity index (χ1) is 11.8. The van der Waals surface area contributed by atoms with Crippen LogP contribution in [0.5, 0.6) is 0 Å². The summed E-state index contributed by atoms with van der Waals surface area (Å²) >= 11 is 1.69. The minimum Gasteiger partial charge on any atom is -0.326 e. The maximum absolute atomic E-state index is 12.2. The van der Waals surface area contributed by atoms with Crippen molar-refractivity contribution in [2.24, 2.45) is 0 Å². The predicted octanol–water partition coefficient (Wildman–Crippen LogP) is 4.60. The summed E-state index contributed by atoms with van der Waals surface area (Å²) in [5, 5.41) is 6.43. The van der Waals surface area contributed by atoms with E-state index in [9.17, 15) is 22.8 Å². The molecule has 1 aromatic heterocycles. The van der Waals surface area contributed by atoms with E-state index in [-0.39, 0.29) is 11.6 Å². The van der Waals surface area contributed by atoms with Gasteiger partial charge in [-0.25, -0.2) is 0 Å². The molecule has 0 aliphatic heterocycles. The van der Waals surface area contributed by atoms with E-state index in [1.54, 1.807) is 16.7 Å². The van der Waals surface area contributed by atoms with E-state index in [2.05, 4.69) is 11.4 Å². The maximum Gasteiger partial charge on any atom is 0.471 e. The van der Waals surface area contributed by atoms with E-state index in [1.807, 2.05) is 11.4 Å². The molecule has 2 N–H and O–H groups in total. The maximum atomic E-state index is 12.2. The van der Waals surface area contributed by atoms with Crippen LogP contribution in [0.25, 0.3) is 0 Å². The van der Waals surface area contributed by atoms with Crippen LogP contribution in [0.2, 0.25) is 0 Å². The Hall–Kier alpha value is -2.35. The molecule has 1 heterocycles. The van der Waals surface area contributed by atoms with Crippen molar-refractivity contribution in [2.75, 3.05) is 10.6 Å². The van der Waals surface area contributed by atoms with Crippen LogP contribution in [0.15, 0.2) is 41.8 Å². The zero-order valence-corrected chi connectivity index (χ0v) is 14.0. The molecule has 8 heteroatoms. The van der Waals surface area contributed by atoms with Crippen LogP contribution in [-0.2, 0) is 16.0 Å². The average Bonchev–Trinajstić information content (AvgIpc) is 3.06. The van der Waals surface area contributed by atoms with Gasteiger partial charge >= 0.3 is 12.1 Å². The summed E-state index contributed by atoms with van der Waals surface area (Å²) in [5.41, 5.74) is 0.476. The topological polar surface area (TPSA) is 58.2 Å². The molecule has 0 saturated carbocycles. The molecule has 134 valence electrons. The lowest BCUT2D eigenvalue weighted by Crippen LogP contribution is -2.29. The third-order valence-electron chi connectivity index (χ3n) is 3.34. The average molecular weight is 370 g/mol. The zero-order chi connectivity index (χ0) is 18.3. The number of benzene rings is 1. The van der Waals surface area contributed by atoms with Crippen LogP contribution in [-0.4, -0.2) is 18.0 Å². The number of nitrogens with one attached hydrogen (secondary N) is 2. The summed E-state index contributed by atoms with van der Waals surface area (Å²) in [4.78, 5) is 24.0. The van der Waals surface area contributed by atoms with E-state index in [1.165, 1.54) is 29.1 Å².